The molecule has 0 bridgehead atoms. The molecule has 0 aromatic heterocycles. The van der Waals surface area contributed by atoms with E-state index in [0.717, 1.165) is 6.42 Å². The van der Waals surface area contributed by atoms with Gasteiger partial charge in [-0.2, -0.15) is 0 Å². The standard InChI is InChI=1S/C14H15F2NO4/c1-21-8-3-2-7(4-8)17-13(18)9-5-11(15)12(16)6-10(9)14(19)20/h5-8H,2-4H2,1H3,(H,17,18)(H,19,20). The van der Waals surface area contributed by atoms with Crippen LogP contribution in [0.2, 0.25) is 0 Å². The lowest BCUT2D eigenvalue weighted by molar-refractivity contribution is 0.0689. The van der Waals surface area contributed by atoms with Crippen LogP contribution in [0.5, 0.6) is 0 Å². The fourth-order valence-electron chi connectivity index (χ4n) is 2.46. The lowest BCUT2D eigenvalue weighted by atomic mass is 10.1. The van der Waals surface area contributed by atoms with Crippen LogP contribution in [0.1, 0.15) is 40.0 Å². The van der Waals surface area contributed by atoms with Crippen LogP contribution in [0.15, 0.2) is 12.1 Å². The first-order valence-corrected chi connectivity index (χ1v) is 6.48. The van der Waals surface area contributed by atoms with Gasteiger partial charge in [0.05, 0.1) is 17.2 Å². The number of carbonyl (C=O) groups excluding carboxylic acids is 1. The van der Waals surface area contributed by atoms with Crippen molar-refractivity contribution in [2.75, 3.05) is 7.11 Å². The second-order valence-corrected chi connectivity index (χ2v) is 4.96. The summed E-state index contributed by atoms with van der Waals surface area (Å²) in [4.78, 5) is 23.1. The second kappa shape index (κ2) is 6.17. The van der Waals surface area contributed by atoms with Crippen LogP contribution in [0.4, 0.5) is 8.78 Å². The first-order valence-electron chi connectivity index (χ1n) is 6.48. The van der Waals surface area contributed by atoms with Gasteiger partial charge >= 0.3 is 5.97 Å². The highest BCUT2D eigenvalue weighted by Gasteiger charge is 2.28. The van der Waals surface area contributed by atoms with Crippen molar-refractivity contribution in [3.8, 4) is 0 Å². The summed E-state index contributed by atoms with van der Waals surface area (Å²) in [5.74, 6) is -4.77. The molecular formula is C14H15F2NO4. The molecule has 0 heterocycles. The number of carboxylic acids is 1. The van der Waals surface area contributed by atoms with Crippen LogP contribution < -0.4 is 5.32 Å². The summed E-state index contributed by atoms with van der Waals surface area (Å²) in [7, 11) is 1.58. The Morgan fingerprint density at radius 3 is 2.38 bits per heavy atom. The van der Waals surface area contributed by atoms with Crippen LogP contribution in [-0.2, 0) is 4.74 Å². The van der Waals surface area contributed by atoms with Crippen LogP contribution >= 0.6 is 0 Å². The molecule has 0 spiro atoms. The maximum absolute atomic E-state index is 13.2. The van der Waals surface area contributed by atoms with Crippen molar-refractivity contribution in [3.63, 3.8) is 0 Å². The minimum absolute atomic E-state index is 0.0409. The quantitative estimate of drug-likeness (QED) is 0.891. The van der Waals surface area contributed by atoms with Crippen LogP contribution in [0.3, 0.4) is 0 Å². The SMILES string of the molecule is COC1CCC(NC(=O)c2cc(F)c(F)cc2C(=O)O)C1. The van der Waals surface area contributed by atoms with E-state index in [1.165, 1.54) is 0 Å². The van der Waals surface area contributed by atoms with Crippen LogP contribution in [-0.4, -0.2) is 36.2 Å². The predicted octanol–water partition coefficient (Wildman–Crippen LogP) is 1.96. The number of carboxylic acid groups (broad SMARTS) is 1. The molecule has 1 aliphatic carbocycles. The number of methoxy groups -OCH3 is 1. The van der Waals surface area contributed by atoms with Crippen molar-refractivity contribution >= 4 is 11.9 Å². The Balaban J connectivity index is 2.19. The molecule has 1 aliphatic rings. The van der Waals surface area contributed by atoms with E-state index in [4.69, 9.17) is 9.84 Å². The van der Waals surface area contributed by atoms with E-state index in [9.17, 15) is 18.4 Å². The Hall–Kier alpha value is -2.02. The van der Waals surface area contributed by atoms with Gasteiger partial charge in [-0.05, 0) is 31.4 Å². The molecule has 0 saturated heterocycles. The molecule has 1 aromatic rings. The predicted molar refractivity (Wildman–Crippen MR) is 69.2 cm³/mol. The Labute approximate surface area is 119 Å². The normalized spacial score (nSPS) is 21.3. The van der Waals surface area contributed by atoms with E-state index in [1.807, 2.05) is 0 Å². The largest absolute Gasteiger partial charge is 0.478 e. The van der Waals surface area contributed by atoms with E-state index >= 15 is 0 Å². The number of benzene rings is 1. The fourth-order valence-corrected chi connectivity index (χ4v) is 2.46. The number of carbonyl (C=O) groups is 2. The number of ether oxygens (including phenoxy) is 1. The number of rotatable bonds is 4. The number of hydrogen-bond donors (Lipinski definition) is 2. The third-order valence-corrected chi connectivity index (χ3v) is 3.59. The van der Waals surface area contributed by atoms with E-state index in [1.54, 1.807) is 7.11 Å². The molecule has 1 amide bonds. The molecule has 2 rings (SSSR count). The van der Waals surface area contributed by atoms with Crippen molar-refractivity contribution < 1.29 is 28.2 Å². The summed E-state index contributed by atoms with van der Waals surface area (Å²) in [5.41, 5.74) is -0.949. The molecule has 1 saturated carbocycles. The second-order valence-electron chi connectivity index (χ2n) is 4.96. The smallest absolute Gasteiger partial charge is 0.336 e. The Kier molecular flexibility index (Phi) is 4.52. The molecule has 114 valence electrons. The zero-order chi connectivity index (χ0) is 15.6. The summed E-state index contributed by atoms with van der Waals surface area (Å²) < 4.78 is 31.5. The van der Waals surface area contributed by atoms with Gasteiger partial charge in [0.2, 0.25) is 0 Å². The topological polar surface area (TPSA) is 75.6 Å². The number of aromatic carboxylic acids is 1. The number of hydrogen-bond acceptors (Lipinski definition) is 3. The molecule has 2 N–H and O–H groups in total. The monoisotopic (exact) mass is 299 g/mol. The van der Waals surface area contributed by atoms with Crippen molar-refractivity contribution in [1.29, 1.82) is 0 Å². The molecule has 1 fully saturated rings. The average Bonchev–Trinajstić information content (AvgIpc) is 2.88. The summed E-state index contributed by atoms with van der Waals surface area (Å²) >= 11 is 0. The van der Waals surface area contributed by atoms with Gasteiger partial charge in [-0.25, -0.2) is 13.6 Å². The minimum Gasteiger partial charge on any atom is -0.478 e. The third-order valence-electron chi connectivity index (χ3n) is 3.59. The average molecular weight is 299 g/mol. The Morgan fingerprint density at radius 2 is 1.86 bits per heavy atom. The molecule has 2 atom stereocenters. The third kappa shape index (κ3) is 3.36. The summed E-state index contributed by atoms with van der Waals surface area (Å²) in [6.45, 7) is 0. The summed E-state index contributed by atoms with van der Waals surface area (Å²) in [6, 6.07) is 0.952. The molecule has 0 radical (unpaired) electrons. The molecule has 5 nitrogen and oxygen atoms in total. The van der Waals surface area contributed by atoms with Gasteiger partial charge in [-0.1, -0.05) is 0 Å². The van der Waals surface area contributed by atoms with Crippen molar-refractivity contribution in [2.45, 2.75) is 31.4 Å². The first-order chi connectivity index (χ1) is 9.92. The molecule has 1 aromatic carbocycles. The van der Waals surface area contributed by atoms with Gasteiger partial charge in [0.15, 0.2) is 11.6 Å². The van der Waals surface area contributed by atoms with Crippen LogP contribution in [0, 0.1) is 11.6 Å². The van der Waals surface area contributed by atoms with Crippen LogP contribution in [0.25, 0.3) is 0 Å². The number of halogens is 2. The maximum atomic E-state index is 13.2. The Morgan fingerprint density at radius 1 is 1.24 bits per heavy atom. The van der Waals surface area contributed by atoms with Gasteiger partial charge in [0, 0.05) is 13.2 Å². The first kappa shape index (κ1) is 15.4. The summed E-state index contributed by atoms with van der Waals surface area (Å²) in [6.07, 6.45) is 2.12. The number of amides is 1. The Bertz CT molecular complexity index is 576. The van der Waals surface area contributed by atoms with Gasteiger partial charge < -0.3 is 15.2 Å². The van der Waals surface area contributed by atoms with Gasteiger partial charge in [0.1, 0.15) is 0 Å². The van der Waals surface area contributed by atoms with E-state index in [-0.39, 0.29) is 17.7 Å². The minimum atomic E-state index is -1.49. The molecule has 7 heteroatoms. The lowest BCUT2D eigenvalue weighted by Crippen LogP contribution is -2.34. The lowest BCUT2D eigenvalue weighted by Gasteiger charge is -2.14. The van der Waals surface area contributed by atoms with Gasteiger partial charge in [-0.3, -0.25) is 4.79 Å². The summed E-state index contributed by atoms with van der Waals surface area (Å²) in [5, 5.41) is 11.6. The fraction of sp³-hybridized carbons (Fsp3) is 0.429. The highest BCUT2D eigenvalue weighted by molar-refractivity contribution is 6.04. The number of nitrogens with one attached hydrogen (secondary N) is 1. The van der Waals surface area contributed by atoms with E-state index in [0.29, 0.717) is 25.0 Å². The highest BCUT2D eigenvalue weighted by atomic mass is 19.2. The van der Waals surface area contributed by atoms with Crippen molar-refractivity contribution in [1.82, 2.24) is 5.32 Å². The highest BCUT2D eigenvalue weighted by Crippen LogP contribution is 2.22. The van der Waals surface area contributed by atoms with Crippen molar-refractivity contribution in [2.24, 2.45) is 0 Å². The molecule has 21 heavy (non-hydrogen) atoms. The van der Waals surface area contributed by atoms with E-state index < -0.39 is 29.1 Å². The molecule has 2 unspecified atom stereocenters. The van der Waals surface area contributed by atoms with Gasteiger partial charge in [-0.15, -0.1) is 0 Å². The van der Waals surface area contributed by atoms with E-state index in [2.05, 4.69) is 5.32 Å². The molecule has 0 aliphatic heterocycles. The zero-order valence-electron chi connectivity index (χ0n) is 11.4. The zero-order valence-corrected chi connectivity index (χ0v) is 11.4. The maximum Gasteiger partial charge on any atom is 0.336 e. The van der Waals surface area contributed by atoms with Crippen molar-refractivity contribution in [3.05, 3.63) is 34.9 Å². The molecular weight excluding hydrogens is 284 g/mol. The van der Waals surface area contributed by atoms with Gasteiger partial charge in [0.25, 0.3) is 5.91 Å².